The van der Waals surface area contributed by atoms with Crippen LogP contribution in [-0.4, -0.2) is 21.0 Å². The lowest BCUT2D eigenvalue weighted by Crippen LogP contribution is -2.28. The number of hydrogen-bond donors (Lipinski definition) is 2. The maximum absolute atomic E-state index is 12.1. The van der Waals surface area contributed by atoms with Crippen LogP contribution in [0.4, 0.5) is 5.69 Å². The molecule has 0 heterocycles. The summed E-state index contributed by atoms with van der Waals surface area (Å²) in [5.41, 5.74) is 0.985. The van der Waals surface area contributed by atoms with E-state index in [0.29, 0.717) is 22.5 Å². The molecule has 0 aromatic heterocycles. The summed E-state index contributed by atoms with van der Waals surface area (Å²) in [6.45, 7) is 6.51. The molecule has 5 heteroatoms. The van der Waals surface area contributed by atoms with Crippen LogP contribution in [0.5, 0.6) is 0 Å². The van der Waals surface area contributed by atoms with Crippen LogP contribution < -0.4 is 10.0 Å². The van der Waals surface area contributed by atoms with E-state index in [9.17, 15) is 8.42 Å². The molecule has 1 fully saturated rings. The average molecular weight is 282 g/mol. The van der Waals surface area contributed by atoms with Gasteiger partial charge in [0, 0.05) is 12.6 Å². The summed E-state index contributed by atoms with van der Waals surface area (Å²) in [5, 5.41) is 3.36. The third-order valence-electron chi connectivity index (χ3n) is 3.97. The Bertz CT molecular complexity index is 550. The maximum atomic E-state index is 12.1. The Morgan fingerprint density at radius 2 is 1.95 bits per heavy atom. The van der Waals surface area contributed by atoms with E-state index in [0.717, 1.165) is 0 Å². The highest BCUT2D eigenvalue weighted by Crippen LogP contribution is 2.49. The van der Waals surface area contributed by atoms with Crippen molar-refractivity contribution in [2.24, 2.45) is 5.41 Å². The van der Waals surface area contributed by atoms with Crippen molar-refractivity contribution in [1.82, 2.24) is 4.72 Å². The molecule has 1 aromatic carbocycles. The van der Waals surface area contributed by atoms with Crippen molar-refractivity contribution in [3.05, 3.63) is 24.3 Å². The van der Waals surface area contributed by atoms with Crippen molar-refractivity contribution in [2.75, 3.05) is 11.9 Å². The van der Waals surface area contributed by atoms with Gasteiger partial charge < -0.3 is 5.32 Å². The van der Waals surface area contributed by atoms with E-state index in [2.05, 4.69) is 23.9 Å². The van der Waals surface area contributed by atoms with Gasteiger partial charge in [-0.05, 0) is 37.3 Å². The van der Waals surface area contributed by atoms with E-state index in [1.807, 2.05) is 12.1 Å². The van der Waals surface area contributed by atoms with Gasteiger partial charge in [0.25, 0.3) is 0 Å². The molecular formula is C14H22N2O2S. The number of anilines is 1. The van der Waals surface area contributed by atoms with Crippen molar-refractivity contribution in [2.45, 2.75) is 44.6 Å². The summed E-state index contributed by atoms with van der Waals surface area (Å²) >= 11 is 0. The predicted octanol–water partition coefficient (Wildman–Crippen LogP) is 2.59. The van der Waals surface area contributed by atoms with Crippen LogP contribution in [0.3, 0.4) is 0 Å². The highest BCUT2D eigenvalue weighted by molar-refractivity contribution is 7.89. The molecule has 4 nitrogen and oxygen atoms in total. The zero-order valence-electron chi connectivity index (χ0n) is 11.7. The molecule has 0 aliphatic heterocycles. The highest BCUT2D eigenvalue weighted by Gasteiger charge is 2.42. The van der Waals surface area contributed by atoms with Gasteiger partial charge in [0.05, 0.1) is 5.69 Å². The van der Waals surface area contributed by atoms with Crippen molar-refractivity contribution in [1.29, 1.82) is 0 Å². The minimum atomic E-state index is -3.42. The summed E-state index contributed by atoms with van der Waals surface area (Å²) in [6.07, 6.45) is 2.40. The first-order valence-electron chi connectivity index (χ1n) is 6.74. The van der Waals surface area contributed by atoms with E-state index < -0.39 is 10.0 Å². The van der Waals surface area contributed by atoms with Gasteiger partial charge in [0.15, 0.2) is 0 Å². The zero-order valence-corrected chi connectivity index (χ0v) is 12.5. The number of rotatable bonds is 6. The molecule has 19 heavy (non-hydrogen) atoms. The van der Waals surface area contributed by atoms with Crippen molar-refractivity contribution in [3.8, 4) is 0 Å². The van der Waals surface area contributed by atoms with Crippen LogP contribution in [0.2, 0.25) is 0 Å². The SMILES string of the molecule is CCNS(=O)(=O)c1ccccc1NC(C)C1(C)CC1. The zero-order chi connectivity index (χ0) is 14.1. The second-order valence-electron chi connectivity index (χ2n) is 5.52. The van der Waals surface area contributed by atoms with Crippen LogP contribution in [-0.2, 0) is 10.0 Å². The number of benzene rings is 1. The van der Waals surface area contributed by atoms with E-state index in [4.69, 9.17) is 0 Å². The van der Waals surface area contributed by atoms with Crippen molar-refractivity contribution < 1.29 is 8.42 Å². The van der Waals surface area contributed by atoms with Gasteiger partial charge in [-0.15, -0.1) is 0 Å². The molecule has 1 unspecified atom stereocenters. The first-order valence-corrected chi connectivity index (χ1v) is 8.22. The average Bonchev–Trinajstić information content (AvgIpc) is 3.09. The predicted molar refractivity (Wildman–Crippen MR) is 77.7 cm³/mol. The monoisotopic (exact) mass is 282 g/mol. The summed E-state index contributed by atoms with van der Waals surface area (Å²) < 4.78 is 26.8. The Morgan fingerprint density at radius 1 is 1.32 bits per heavy atom. The molecule has 1 aliphatic rings. The molecule has 1 aromatic rings. The fourth-order valence-electron chi connectivity index (χ4n) is 2.13. The summed E-state index contributed by atoms with van der Waals surface area (Å²) in [5.74, 6) is 0. The molecule has 0 radical (unpaired) electrons. The molecule has 0 saturated heterocycles. The van der Waals surface area contributed by atoms with E-state index >= 15 is 0 Å². The first-order chi connectivity index (χ1) is 8.89. The van der Waals surface area contributed by atoms with E-state index in [1.165, 1.54) is 12.8 Å². The Kier molecular flexibility index (Phi) is 3.87. The van der Waals surface area contributed by atoms with Crippen LogP contribution in [0.1, 0.15) is 33.6 Å². The van der Waals surface area contributed by atoms with Gasteiger partial charge in [-0.25, -0.2) is 13.1 Å². The normalized spacial score (nSPS) is 18.9. The maximum Gasteiger partial charge on any atom is 0.242 e. The van der Waals surface area contributed by atoms with Gasteiger partial charge >= 0.3 is 0 Å². The lowest BCUT2D eigenvalue weighted by atomic mass is 10.0. The number of sulfonamides is 1. The molecule has 0 bridgehead atoms. The fourth-order valence-corrected chi connectivity index (χ4v) is 3.34. The van der Waals surface area contributed by atoms with Gasteiger partial charge in [0.2, 0.25) is 10.0 Å². The Hall–Kier alpha value is -1.07. The second kappa shape index (κ2) is 5.13. The topological polar surface area (TPSA) is 58.2 Å². The third-order valence-corrected chi connectivity index (χ3v) is 5.57. The van der Waals surface area contributed by atoms with Gasteiger partial charge in [-0.2, -0.15) is 0 Å². The van der Waals surface area contributed by atoms with E-state index in [1.54, 1.807) is 19.1 Å². The van der Waals surface area contributed by atoms with Crippen LogP contribution >= 0.6 is 0 Å². The largest absolute Gasteiger partial charge is 0.381 e. The summed E-state index contributed by atoms with van der Waals surface area (Å²) in [4.78, 5) is 0.327. The molecule has 106 valence electrons. The quantitative estimate of drug-likeness (QED) is 0.843. The second-order valence-corrected chi connectivity index (χ2v) is 7.25. The van der Waals surface area contributed by atoms with Gasteiger partial charge in [0.1, 0.15) is 4.90 Å². The molecule has 0 amide bonds. The molecule has 2 N–H and O–H groups in total. The molecule has 0 spiro atoms. The van der Waals surface area contributed by atoms with Crippen molar-refractivity contribution >= 4 is 15.7 Å². The van der Waals surface area contributed by atoms with Gasteiger partial charge in [-0.3, -0.25) is 0 Å². The molecule has 1 aliphatic carbocycles. The van der Waals surface area contributed by atoms with Crippen molar-refractivity contribution in [3.63, 3.8) is 0 Å². The number of hydrogen-bond acceptors (Lipinski definition) is 3. The Balaban J connectivity index is 2.26. The third kappa shape index (κ3) is 3.09. The molecule has 2 rings (SSSR count). The van der Waals surface area contributed by atoms with Crippen LogP contribution in [0.15, 0.2) is 29.2 Å². The van der Waals surface area contributed by atoms with E-state index in [-0.39, 0.29) is 6.04 Å². The smallest absolute Gasteiger partial charge is 0.242 e. The first kappa shape index (κ1) is 14.3. The Morgan fingerprint density at radius 3 is 2.53 bits per heavy atom. The minimum absolute atomic E-state index is 0.269. The number of nitrogens with one attached hydrogen (secondary N) is 2. The molecular weight excluding hydrogens is 260 g/mol. The lowest BCUT2D eigenvalue weighted by molar-refractivity contribution is 0.492. The lowest BCUT2D eigenvalue weighted by Gasteiger charge is -2.23. The summed E-state index contributed by atoms with van der Waals surface area (Å²) in [6, 6.07) is 7.34. The number of para-hydroxylation sites is 1. The highest BCUT2D eigenvalue weighted by atomic mass is 32.2. The van der Waals surface area contributed by atoms with Crippen LogP contribution in [0.25, 0.3) is 0 Å². The Labute approximate surface area is 115 Å². The minimum Gasteiger partial charge on any atom is -0.381 e. The fraction of sp³-hybridized carbons (Fsp3) is 0.571. The molecule has 1 atom stereocenters. The summed E-state index contributed by atoms with van der Waals surface area (Å²) in [7, 11) is -3.42. The van der Waals surface area contributed by atoms with Gasteiger partial charge in [-0.1, -0.05) is 26.0 Å². The molecule has 1 saturated carbocycles. The standard InChI is InChI=1S/C14H22N2O2S/c1-4-15-19(17,18)13-8-6-5-7-12(13)16-11(2)14(3)9-10-14/h5-8,11,15-16H,4,9-10H2,1-3H3. The van der Waals surface area contributed by atoms with Crippen LogP contribution in [0, 0.1) is 5.41 Å².